The standard InChI is InChI=1S/C19H27N3O3.ClH/c1-14-6-7-15(13-17(14)25-2)18(23)21-9-11-22(12-10-21)19(24)16-5-3-4-8-20-16;/h6-7,13,16,20H,3-5,8-12H2,1-2H3;1H. The first kappa shape index (κ1) is 20.5. The van der Waals surface area contributed by atoms with Crippen molar-refractivity contribution in [2.24, 2.45) is 0 Å². The molecule has 0 bridgehead atoms. The molecule has 144 valence electrons. The maximum atomic E-state index is 12.7. The molecule has 1 aromatic carbocycles. The van der Waals surface area contributed by atoms with Gasteiger partial charge in [-0.05, 0) is 44.0 Å². The Kier molecular flexibility index (Phi) is 7.29. The van der Waals surface area contributed by atoms with Crippen LogP contribution in [0.25, 0.3) is 0 Å². The summed E-state index contributed by atoms with van der Waals surface area (Å²) >= 11 is 0. The number of nitrogens with zero attached hydrogens (tertiary/aromatic N) is 2. The fraction of sp³-hybridized carbons (Fsp3) is 0.579. The lowest BCUT2D eigenvalue weighted by Gasteiger charge is -2.37. The van der Waals surface area contributed by atoms with Crippen LogP contribution in [0.3, 0.4) is 0 Å². The summed E-state index contributed by atoms with van der Waals surface area (Å²) in [6.45, 7) is 5.24. The van der Waals surface area contributed by atoms with Crippen LogP contribution >= 0.6 is 12.4 Å². The van der Waals surface area contributed by atoms with Crippen LogP contribution in [0.15, 0.2) is 18.2 Å². The second-order valence-corrected chi connectivity index (χ2v) is 6.80. The van der Waals surface area contributed by atoms with E-state index in [-0.39, 0.29) is 30.3 Å². The van der Waals surface area contributed by atoms with E-state index in [1.54, 1.807) is 13.2 Å². The lowest BCUT2D eigenvalue weighted by Crippen LogP contribution is -2.55. The number of hydrogen-bond donors (Lipinski definition) is 1. The fourth-order valence-electron chi connectivity index (χ4n) is 3.55. The van der Waals surface area contributed by atoms with Gasteiger partial charge in [-0.2, -0.15) is 0 Å². The minimum atomic E-state index is -0.0441. The van der Waals surface area contributed by atoms with Crippen molar-refractivity contribution in [2.75, 3.05) is 39.8 Å². The summed E-state index contributed by atoms with van der Waals surface area (Å²) in [6.07, 6.45) is 3.17. The van der Waals surface area contributed by atoms with Crippen LogP contribution < -0.4 is 10.1 Å². The van der Waals surface area contributed by atoms with Gasteiger partial charge in [0, 0.05) is 31.7 Å². The third kappa shape index (κ3) is 4.48. The van der Waals surface area contributed by atoms with Crippen molar-refractivity contribution in [2.45, 2.75) is 32.2 Å². The van der Waals surface area contributed by atoms with Gasteiger partial charge in [0.2, 0.25) is 5.91 Å². The Morgan fingerprint density at radius 2 is 1.81 bits per heavy atom. The number of halogens is 1. The molecule has 2 saturated heterocycles. The highest BCUT2D eigenvalue weighted by Gasteiger charge is 2.29. The monoisotopic (exact) mass is 381 g/mol. The summed E-state index contributed by atoms with van der Waals surface area (Å²) < 4.78 is 5.31. The van der Waals surface area contributed by atoms with Crippen LogP contribution in [-0.4, -0.2) is 67.5 Å². The molecule has 0 aromatic heterocycles. The molecule has 7 heteroatoms. The lowest BCUT2D eigenvalue weighted by molar-refractivity contribution is -0.135. The van der Waals surface area contributed by atoms with Gasteiger partial charge in [-0.25, -0.2) is 0 Å². The van der Waals surface area contributed by atoms with Crippen molar-refractivity contribution in [1.29, 1.82) is 0 Å². The number of carbonyl (C=O) groups is 2. The number of nitrogens with one attached hydrogen (secondary N) is 1. The van der Waals surface area contributed by atoms with E-state index in [2.05, 4.69) is 5.32 Å². The summed E-state index contributed by atoms with van der Waals surface area (Å²) in [5, 5.41) is 3.31. The number of benzene rings is 1. The predicted octanol–water partition coefficient (Wildman–Crippen LogP) is 1.85. The molecule has 1 aromatic rings. The maximum absolute atomic E-state index is 12.7. The third-order valence-electron chi connectivity index (χ3n) is 5.14. The Labute approximate surface area is 161 Å². The Hall–Kier alpha value is -1.79. The van der Waals surface area contributed by atoms with E-state index in [0.717, 1.165) is 37.1 Å². The zero-order chi connectivity index (χ0) is 17.8. The van der Waals surface area contributed by atoms with E-state index in [4.69, 9.17) is 4.74 Å². The van der Waals surface area contributed by atoms with Crippen LogP contribution in [0.2, 0.25) is 0 Å². The molecule has 2 amide bonds. The third-order valence-corrected chi connectivity index (χ3v) is 5.14. The van der Waals surface area contributed by atoms with E-state index >= 15 is 0 Å². The Morgan fingerprint density at radius 3 is 2.42 bits per heavy atom. The van der Waals surface area contributed by atoms with Gasteiger partial charge in [0.1, 0.15) is 5.75 Å². The van der Waals surface area contributed by atoms with Crippen molar-refractivity contribution in [3.8, 4) is 5.75 Å². The quantitative estimate of drug-likeness (QED) is 0.868. The molecule has 0 spiro atoms. The molecular weight excluding hydrogens is 354 g/mol. The van der Waals surface area contributed by atoms with Crippen molar-refractivity contribution in [3.05, 3.63) is 29.3 Å². The van der Waals surface area contributed by atoms with Gasteiger partial charge in [-0.1, -0.05) is 12.5 Å². The van der Waals surface area contributed by atoms with Gasteiger partial charge < -0.3 is 19.9 Å². The molecule has 26 heavy (non-hydrogen) atoms. The number of piperazine rings is 1. The number of aryl methyl sites for hydroxylation is 1. The van der Waals surface area contributed by atoms with Crippen LogP contribution in [0.5, 0.6) is 5.75 Å². The summed E-state index contributed by atoms with van der Waals surface area (Å²) in [5.74, 6) is 0.910. The van der Waals surface area contributed by atoms with E-state index in [0.29, 0.717) is 31.7 Å². The van der Waals surface area contributed by atoms with Crippen LogP contribution in [0.1, 0.15) is 35.2 Å². The van der Waals surface area contributed by atoms with Crippen LogP contribution in [-0.2, 0) is 4.79 Å². The minimum Gasteiger partial charge on any atom is -0.496 e. The molecule has 0 saturated carbocycles. The molecule has 0 aliphatic carbocycles. The molecule has 1 N–H and O–H groups in total. The van der Waals surface area contributed by atoms with Gasteiger partial charge in [0.05, 0.1) is 13.2 Å². The second kappa shape index (κ2) is 9.24. The van der Waals surface area contributed by atoms with Gasteiger partial charge in [0.15, 0.2) is 0 Å². The highest BCUT2D eigenvalue weighted by molar-refractivity contribution is 5.95. The molecule has 2 aliphatic rings. The number of methoxy groups -OCH3 is 1. The average Bonchev–Trinajstić information content (AvgIpc) is 2.68. The average molecular weight is 382 g/mol. The number of carbonyl (C=O) groups excluding carboxylic acids is 2. The van der Waals surface area contributed by atoms with Crippen molar-refractivity contribution < 1.29 is 14.3 Å². The molecule has 0 radical (unpaired) electrons. The first-order valence-corrected chi connectivity index (χ1v) is 9.06. The highest BCUT2D eigenvalue weighted by Crippen LogP contribution is 2.21. The molecule has 1 atom stereocenters. The first-order chi connectivity index (χ1) is 12.1. The van der Waals surface area contributed by atoms with Crippen LogP contribution in [0.4, 0.5) is 0 Å². The lowest BCUT2D eigenvalue weighted by atomic mass is 10.0. The molecule has 3 rings (SSSR count). The number of amides is 2. The number of rotatable bonds is 3. The van der Waals surface area contributed by atoms with E-state index in [1.807, 2.05) is 28.9 Å². The predicted molar refractivity (Wildman–Crippen MR) is 103 cm³/mol. The largest absolute Gasteiger partial charge is 0.496 e. The molecule has 2 aliphatic heterocycles. The van der Waals surface area contributed by atoms with Crippen LogP contribution in [0, 0.1) is 6.92 Å². The Balaban J connectivity index is 0.00000243. The smallest absolute Gasteiger partial charge is 0.254 e. The SMILES string of the molecule is COc1cc(C(=O)N2CCN(C(=O)C3CCCCN3)CC2)ccc1C.Cl. The Morgan fingerprint density at radius 1 is 1.12 bits per heavy atom. The highest BCUT2D eigenvalue weighted by atomic mass is 35.5. The zero-order valence-corrected chi connectivity index (χ0v) is 16.3. The molecule has 2 fully saturated rings. The van der Waals surface area contributed by atoms with Gasteiger partial charge >= 0.3 is 0 Å². The normalized spacial score (nSPS) is 20.3. The van der Waals surface area contributed by atoms with Crippen molar-refractivity contribution in [1.82, 2.24) is 15.1 Å². The zero-order valence-electron chi connectivity index (χ0n) is 15.5. The first-order valence-electron chi connectivity index (χ1n) is 9.06. The molecular formula is C19H28ClN3O3. The molecule has 1 unspecified atom stereocenters. The van der Waals surface area contributed by atoms with Crippen molar-refractivity contribution >= 4 is 24.2 Å². The summed E-state index contributed by atoms with van der Waals surface area (Å²) in [4.78, 5) is 29.0. The minimum absolute atomic E-state index is 0. The summed E-state index contributed by atoms with van der Waals surface area (Å²) in [5.41, 5.74) is 1.64. The van der Waals surface area contributed by atoms with Crippen molar-refractivity contribution in [3.63, 3.8) is 0 Å². The van der Waals surface area contributed by atoms with E-state index in [1.165, 1.54) is 0 Å². The summed E-state index contributed by atoms with van der Waals surface area (Å²) in [6, 6.07) is 5.49. The number of ether oxygens (including phenoxy) is 1. The topological polar surface area (TPSA) is 61.9 Å². The maximum Gasteiger partial charge on any atom is 0.254 e. The second-order valence-electron chi connectivity index (χ2n) is 6.80. The van der Waals surface area contributed by atoms with Gasteiger partial charge in [-0.3, -0.25) is 9.59 Å². The summed E-state index contributed by atoms with van der Waals surface area (Å²) in [7, 11) is 1.61. The number of hydrogen-bond acceptors (Lipinski definition) is 4. The molecule has 6 nitrogen and oxygen atoms in total. The fourth-order valence-corrected chi connectivity index (χ4v) is 3.55. The van der Waals surface area contributed by atoms with E-state index in [9.17, 15) is 9.59 Å². The van der Waals surface area contributed by atoms with Gasteiger partial charge in [-0.15, -0.1) is 12.4 Å². The molecule has 2 heterocycles. The van der Waals surface area contributed by atoms with Gasteiger partial charge in [0.25, 0.3) is 5.91 Å². The number of piperidine rings is 1. The van der Waals surface area contributed by atoms with E-state index < -0.39 is 0 Å². The Bertz CT molecular complexity index is 639.